The van der Waals surface area contributed by atoms with Gasteiger partial charge >= 0.3 is 6.18 Å². The first-order valence-electron chi connectivity index (χ1n) is 12.2. The van der Waals surface area contributed by atoms with E-state index in [4.69, 9.17) is 10.5 Å². The normalized spacial score (nSPS) is 17.0. The van der Waals surface area contributed by atoms with Gasteiger partial charge in [-0.15, -0.1) is 0 Å². The standard InChI is InChI=1S/C27H23F3N6O2/c1-14-22-19(13-38-14)18-7-4-15(9-20(18)35-24(22)31)12-36(21-3-2-8-32-23(21)27(28,29)30)26(37)17-10-33-25(34-11-17)16-5-6-16/h2-4,7-11,14,16H,5-6,12-13H2,1H3,(H2,31,35). The van der Waals surface area contributed by atoms with Crippen molar-refractivity contribution < 1.29 is 22.7 Å². The molecule has 0 bridgehead atoms. The fraction of sp³-hybridized carbons (Fsp3) is 0.296. The minimum atomic E-state index is -4.77. The first-order chi connectivity index (χ1) is 18.2. The van der Waals surface area contributed by atoms with Crippen molar-refractivity contribution in [3.8, 4) is 0 Å². The second-order valence-corrected chi connectivity index (χ2v) is 9.56. The molecule has 0 radical (unpaired) electrons. The summed E-state index contributed by atoms with van der Waals surface area (Å²) in [6, 6.07) is 7.92. The van der Waals surface area contributed by atoms with Gasteiger partial charge in [0.1, 0.15) is 11.6 Å². The largest absolute Gasteiger partial charge is 0.435 e. The van der Waals surface area contributed by atoms with Crippen molar-refractivity contribution in [1.29, 1.82) is 0 Å². The van der Waals surface area contributed by atoms with Gasteiger partial charge in [-0.1, -0.05) is 12.1 Å². The van der Waals surface area contributed by atoms with Crippen LogP contribution in [0, 0.1) is 0 Å². The van der Waals surface area contributed by atoms with Crippen LogP contribution in [0.25, 0.3) is 10.9 Å². The van der Waals surface area contributed by atoms with Crippen molar-refractivity contribution in [3.05, 3.63) is 82.7 Å². The number of nitrogens with zero attached hydrogens (tertiary/aromatic N) is 5. The molecule has 1 amide bonds. The van der Waals surface area contributed by atoms with E-state index in [2.05, 4.69) is 19.9 Å². The molecule has 3 aromatic heterocycles. The number of pyridine rings is 2. The quantitative estimate of drug-likeness (QED) is 0.379. The van der Waals surface area contributed by atoms with Crippen LogP contribution in [0.5, 0.6) is 0 Å². The molecular weight excluding hydrogens is 497 g/mol. The van der Waals surface area contributed by atoms with Crippen molar-refractivity contribution in [2.45, 2.75) is 51.1 Å². The molecular formula is C27H23F3N6O2. The number of amides is 1. The second kappa shape index (κ2) is 9.02. The number of carbonyl (C=O) groups is 1. The van der Waals surface area contributed by atoms with E-state index in [0.717, 1.165) is 40.5 Å². The number of benzene rings is 1. The van der Waals surface area contributed by atoms with Gasteiger partial charge in [0, 0.05) is 35.5 Å². The number of halogens is 3. The van der Waals surface area contributed by atoms with Crippen LogP contribution >= 0.6 is 0 Å². The van der Waals surface area contributed by atoms with Crippen LogP contribution in [0.4, 0.5) is 24.7 Å². The molecule has 1 atom stereocenters. The summed E-state index contributed by atoms with van der Waals surface area (Å²) < 4.78 is 47.5. The zero-order valence-corrected chi connectivity index (χ0v) is 20.4. The van der Waals surface area contributed by atoms with Crippen molar-refractivity contribution in [3.63, 3.8) is 0 Å². The summed E-state index contributed by atoms with van der Waals surface area (Å²) in [5, 5.41) is 0.849. The highest BCUT2D eigenvalue weighted by molar-refractivity contribution is 6.06. The Morgan fingerprint density at radius 1 is 1.16 bits per heavy atom. The second-order valence-electron chi connectivity index (χ2n) is 9.56. The van der Waals surface area contributed by atoms with E-state index in [1.165, 1.54) is 24.5 Å². The molecule has 4 heterocycles. The van der Waals surface area contributed by atoms with Crippen LogP contribution in [0.2, 0.25) is 0 Å². The first kappa shape index (κ1) is 24.2. The van der Waals surface area contributed by atoms with E-state index < -0.39 is 17.8 Å². The lowest BCUT2D eigenvalue weighted by atomic mass is 10.0. The van der Waals surface area contributed by atoms with E-state index in [1.807, 2.05) is 13.0 Å². The van der Waals surface area contributed by atoms with Gasteiger partial charge in [0.25, 0.3) is 5.91 Å². The van der Waals surface area contributed by atoms with Gasteiger partial charge < -0.3 is 15.4 Å². The van der Waals surface area contributed by atoms with Gasteiger partial charge in [-0.2, -0.15) is 13.2 Å². The fourth-order valence-electron chi connectivity index (χ4n) is 4.85. The maximum absolute atomic E-state index is 13.9. The van der Waals surface area contributed by atoms with Gasteiger partial charge in [-0.05, 0) is 49.1 Å². The van der Waals surface area contributed by atoms with Gasteiger partial charge in [-0.3, -0.25) is 4.79 Å². The molecule has 38 heavy (non-hydrogen) atoms. The smallest absolute Gasteiger partial charge is 0.383 e. The van der Waals surface area contributed by atoms with Crippen molar-refractivity contribution >= 4 is 28.3 Å². The molecule has 1 aromatic carbocycles. The Morgan fingerprint density at radius 2 is 1.92 bits per heavy atom. The molecule has 2 aliphatic rings. The van der Waals surface area contributed by atoms with Gasteiger partial charge in [0.05, 0.1) is 36.0 Å². The maximum Gasteiger partial charge on any atom is 0.435 e. The number of nitrogen functional groups attached to an aromatic ring is 1. The molecule has 0 spiro atoms. The Balaban J connectivity index is 1.41. The number of rotatable bonds is 5. The molecule has 1 aliphatic carbocycles. The number of carbonyl (C=O) groups excluding carboxylic acids is 1. The number of hydrogen-bond donors (Lipinski definition) is 1. The van der Waals surface area contributed by atoms with E-state index in [-0.39, 0.29) is 29.8 Å². The Kier molecular flexibility index (Phi) is 5.75. The highest BCUT2D eigenvalue weighted by Crippen LogP contribution is 2.40. The molecule has 1 saturated carbocycles. The third-order valence-electron chi connectivity index (χ3n) is 6.91. The summed E-state index contributed by atoms with van der Waals surface area (Å²) >= 11 is 0. The zero-order valence-electron chi connectivity index (χ0n) is 20.4. The number of ether oxygens (including phenoxy) is 1. The topological polar surface area (TPSA) is 107 Å². The SMILES string of the molecule is CC1OCc2c1c(N)nc1cc(CN(C(=O)c3cnc(C4CC4)nc3)c3cccnc3C(F)(F)F)ccc21. The number of alkyl halides is 3. The van der Waals surface area contributed by atoms with E-state index in [1.54, 1.807) is 12.1 Å². The molecule has 4 aromatic rings. The summed E-state index contributed by atoms with van der Waals surface area (Å²) in [7, 11) is 0. The summed E-state index contributed by atoms with van der Waals surface area (Å²) in [5.74, 6) is 0.587. The predicted molar refractivity (Wildman–Crippen MR) is 133 cm³/mol. The fourth-order valence-corrected chi connectivity index (χ4v) is 4.85. The first-order valence-corrected chi connectivity index (χ1v) is 12.2. The Labute approximate surface area is 215 Å². The Bertz CT molecular complexity index is 1550. The number of nitrogens with two attached hydrogens (primary N) is 1. The molecule has 194 valence electrons. The van der Waals surface area contributed by atoms with Gasteiger partial charge in [0.2, 0.25) is 0 Å². The monoisotopic (exact) mass is 520 g/mol. The average molecular weight is 521 g/mol. The highest BCUT2D eigenvalue weighted by atomic mass is 19.4. The number of anilines is 2. The Hall–Kier alpha value is -4.12. The third-order valence-corrected chi connectivity index (χ3v) is 6.91. The lowest BCUT2D eigenvalue weighted by molar-refractivity contribution is -0.140. The minimum absolute atomic E-state index is 0.0819. The molecule has 0 saturated heterocycles. The van der Waals surface area contributed by atoms with Crippen LogP contribution in [-0.2, 0) is 24.1 Å². The van der Waals surface area contributed by atoms with Crippen molar-refractivity contribution in [1.82, 2.24) is 19.9 Å². The molecule has 1 aliphatic heterocycles. The molecule has 1 unspecified atom stereocenters. The summed E-state index contributed by atoms with van der Waals surface area (Å²) in [4.78, 5) is 31.3. The predicted octanol–water partition coefficient (Wildman–Crippen LogP) is 5.34. The van der Waals surface area contributed by atoms with Crippen LogP contribution in [0.3, 0.4) is 0 Å². The van der Waals surface area contributed by atoms with Crippen molar-refractivity contribution in [2.75, 3.05) is 10.6 Å². The summed E-state index contributed by atoms with van der Waals surface area (Å²) in [6.45, 7) is 2.13. The van der Waals surface area contributed by atoms with Crippen molar-refractivity contribution in [2.24, 2.45) is 0 Å². The molecule has 6 rings (SSSR count). The number of hydrogen-bond acceptors (Lipinski definition) is 7. The lowest BCUT2D eigenvalue weighted by Gasteiger charge is -2.25. The zero-order chi connectivity index (χ0) is 26.6. The highest BCUT2D eigenvalue weighted by Gasteiger charge is 2.38. The number of fused-ring (bicyclic) bond motifs is 3. The average Bonchev–Trinajstić information content (AvgIpc) is 3.68. The van der Waals surface area contributed by atoms with Crippen LogP contribution in [0.1, 0.15) is 70.4 Å². The van der Waals surface area contributed by atoms with E-state index in [0.29, 0.717) is 29.3 Å². The molecule has 11 heteroatoms. The van der Waals surface area contributed by atoms with Gasteiger partial charge in [0.15, 0.2) is 5.69 Å². The van der Waals surface area contributed by atoms with Gasteiger partial charge in [-0.25, -0.2) is 19.9 Å². The van der Waals surface area contributed by atoms with Crippen LogP contribution in [-0.4, -0.2) is 25.8 Å². The van der Waals surface area contributed by atoms with Crippen LogP contribution < -0.4 is 10.6 Å². The third kappa shape index (κ3) is 4.32. The maximum atomic E-state index is 13.9. The molecule has 2 N–H and O–H groups in total. The van der Waals surface area contributed by atoms with E-state index in [9.17, 15) is 18.0 Å². The lowest BCUT2D eigenvalue weighted by Crippen LogP contribution is -2.33. The van der Waals surface area contributed by atoms with Crippen LogP contribution in [0.15, 0.2) is 48.9 Å². The van der Waals surface area contributed by atoms with E-state index >= 15 is 0 Å². The molecule has 1 fully saturated rings. The Morgan fingerprint density at radius 3 is 2.63 bits per heavy atom. The minimum Gasteiger partial charge on any atom is -0.383 e. The molecule has 8 nitrogen and oxygen atoms in total. The summed E-state index contributed by atoms with van der Waals surface area (Å²) in [5.41, 5.74) is 7.69. The number of aromatic nitrogens is 4. The summed E-state index contributed by atoms with van der Waals surface area (Å²) in [6.07, 6.45) is 0.818.